The predicted octanol–water partition coefficient (Wildman–Crippen LogP) is 2.59. The van der Waals surface area contributed by atoms with E-state index in [-0.39, 0.29) is 5.91 Å². The van der Waals surface area contributed by atoms with Gasteiger partial charge >= 0.3 is 0 Å². The average Bonchev–Trinajstić information content (AvgIpc) is 2.94. The molecule has 0 atom stereocenters. The Morgan fingerprint density at radius 1 is 1.37 bits per heavy atom. The Kier molecular flexibility index (Phi) is 2.79. The summed E-state index contributed by atoms with van der Waals surface area (Å²) in [5.74, 6) is -0.239. The van der Waals surface area contributed by atoms with Crippen LogP contribution >= 0.6 is 11.3 Å². The third kappa shape index (κ3) is 2.34. The van der Waals surface area contributed by atoms with Crippen molar-refractivity contribution in [1.29, 1.82) is 0 Å². The topological polar surface area (TPSA) is 59.8 Å². The number of aryl methyl sites for hydroxylation is 2. The number of rotatable bonds is 2. The van der Waals surface area contributed by atoms with Crippen LogP contribution in [0.25, 0.3) is 10.2 Å². The van der Waals surface area contributed by atoms with Crippen LogP contribution in [0, 0.1) is 6.92 Å². The van der Waals surface area contributed by atoms with Crippen LogP contribution < -0.4 is 5.32 Å². The third-order valence-electron chi connectivity index (χ3n) is 2.71. The number of fused-ring (bicyclic) bond motifs is 1. The maximum absolute atomic E-state index is 12.0. The Labute approximate surface area is 113 Å². The summed E-state index contributed by atoms with van der Waals surface area (Å²) in [6.45, 7) is 2.03. The zero-order valence-corrected chi connectivity index (χ0v) is 11.4. The molecule has 96 valence electrons. The molecule has 0 fully saturated rings. The molecule has 0 radical (unpaired) electrons. The normalized spacial score (nSPS) is 10.8. The van der Waals surface area contributed by atoms with Crippen LogP contribution in [0.5, 0.6) is 0 Å². The zero-order valence-electron chi connectivity index (χ0n) is 10.5. The molecule has 0 aliphatic carbocycles. The number of carbonyl (C=O) groups excluding carboxylic acids is 1. The van der Waals surface area contributed by atoms with E-state index in [1.54, 1.807) is 24.0 Å². The Balaban J connectivity index is 1.87. The summed E-state index contributed by atoms with van der Waals surface area (Å²) >= 11 is 1.46. The molecule has 3 aromatic rings. The second-order valence-electron chi connectivity index (χ2n) is 4.32. The Morgan fingerprint density at radius 2 is 2.21 bits per heavy atom. The quantitative estimate of drug-likeness (QED) is 0.780. The molecule has 0 unspecified atom stereocenters. The first kappa shape index (κ1) is 11.9. The molecule has 1 amide bonds. The molecule has 0 saturated carbocycles. The molecule has 1 N–H and O–H groups in total. The number of nitrogens with zero attached hydrogens (tertiary/aromatic N) is 3. The molecule has 2 aromatic heterocycles. The number of hydrogen-bond donors (Lipinski definition) is 1. The van der Waals surface area contributed by atoms with Crippen molar-refractivity contribution in [2.75, 3.05) is 5.32 Å². The van der Waals surface area contributed by atoms with Crippen LogP contribution in [0.2, 0.25) is 0 Å². The fourth-order valence-electron chi connectivity index (χ4n) is 1.78. The number of hydrogen-bond acceptors (Lipinski definition) is 4. The van der Waals surface area contributed by atoms with Gasteiger partial charge in [0.1, 0.15) is 0 Å². The van der Waals surface area contributed by atoms with Crippen LogP contribution in [0.4, 0.5) is 5.13 Å². The van der Waals surface area contributed by atoms with Gasteiger partial charge in [0, 0.05) is 13.2 Å². The van der Waals surface area contributed by atoms with Gasteiger partial charge in [0.2, 0.25) is 0 Å². The second-order valence-corrected chi connectivity index (χ2v) is 5.35. The highest BCUT2D eigenvalue weighted by atomic mass is 32.1. The Morgan fingerprint density at radius 3 is 2.95 bits per heavy atom. The number of nitrogens with one attached hydrogen (secondary N) is 1. The molecule has 0 spiro atoms. The first-order valence-corrected chi connectivity index (χ1v) is 6.62. The number of anilines is 1. The first-order valence-electron chi connectivity index (χ1n) is 5.80. The summed E-state index contributed by atoms with van der Waals surface area (Å²) in [5, 5.41) is 7.42. The van der Waals surface area contributed by atoms with Crippen LogP contribution in [0.1, 0.15) is 16.1 Å². The van der Waals surface area contributed by atoms with Gasteiger partial charge in [-0.15, -0.1) is 0 Å². The standard InChI is InChI=1S/C13H12N4OS/c1-8-3-4-9-11(7-8)19-13(14-9)15-12(18)10-5-6-17(2)16-10/h3-7H,1-2H3,(H,14,15,18). The number of carbonyl (C=O) groups is 1. The lowest BCUT2D eigenvalue weighted by atomic mass is 10.2. The van der Waals surface area contributed by atoms with Gasteiger partial charge in [-0.3, -0.25) is 14.8 Å². The summed E-state index contributed by atoms with van der Waals surface area (Å²) in [7, 11) is 1.78. The number of thiazole rings is 1. The van der Waals surface area contributed by atoms with Gasteiger partial charge in [0.25, 0.3) is 5.91 Å². The molecule has 19 heavy (non-hydrogen) atoms. The SMILES string of the molecule is Cc1ccc2nc(NC(=O)c3ccn(C)n3)sc2c1. The highest BCUT2D eigenvalue weighted by molar-refractivity contribution is 7.22. The van der Waals surface area contributed by atoms with Gasteiger partial charge in [0.15, 0.2) is 10.8 Å². The van der Waals surface area contributed by atoms with E-state index in [1.807, 2.05) is 19.1 Å². The van der Waals surface area contributed by atoms with E-state index in [0.29, 0.717) is 10.8 Å². The largest absolute Gasteiger partial charge is 0.296 e. The van der Waals surface area contributed by atoms with Gasteiger partial charge in [-0.25, -0.2) is 4.98 Å². The lowest BCUT2D eigenvalue weighted by Crippen LogP contribution is -2.12. The van der Waals surface area contributed by atoms with Crippen molar-refractivity contribution in [2.24, 2.45) is 7.05 Å². The van der Waals surface area contributed by atoms with Gasteiger partial charge in [-0.1, -0.05) is 17.4 Å². The Bertz CT molecular complexity index is 759. The number of aromatic nitrogens is 3. The lowest BCUT2D eigenvalue weighted by molar-refractivity contribution is 0.102. The van der Waals surface area contributed by atoms with E-state index in [9.17, 15) is 4.79 Å². The van der Waals surface area contributed by atoms with Crippen molar-refractivity contribution in [3.63, 3.8) is 0 Å². The highest BCUT2D eigenvalue weighted by Gasteiger charge is 2.12. The molecule has 1 aromatic carbocycles. The number of amides is 1. The summed E-state index contributed by atoms with van der Waals surface area (Å²) in [4.78, 5) is 16.3. The summed E-state index contributed by atoms with van der Waals surface area (Å²) < 4.78 is 2.66. The van der Waals surface area contributed by atoms with E-state index >= 15 is 0 Å². The molecule has 2 heterocycles. The summed E-state index contributed by atoms with van der Waals surface area (Å²) in [6.07, 6.45) is 1.73. The monoisotopic (exact) mass is 272 g/mol. The summed E-state index contributed by atoms with van der Waals surface area (Å²) in [5.41, 5.74) is 2.46. The lowest BCUT2D eigenvalue weighted by Gasteiger charge is -1.96. The predicted molar refractivity (Wildman–Crippen MR) is 75.5 cm³/mol. The van der Waals surface area contributed by atoms with Crippen molar-refractivity contribution in [3.05, 3.63) is 41.7 Å². The van der Waals surface area contributed by atoms with Gasteiger partial charge in [-0.2, -0.15) is 5.10 Å². The van der Waals surface area contributed by atoms with Gasteiger partial charge in [0.05, 0.1) is 10.2 Å². The second kappa shape index (κ2) is 4.47. The molecule has 6 heteroatoms. The van der Waals surface area contributed by atoms with E-state index < -0.39 is 0 Å². The minimum absolute atomic E-state index is 0.239. The fourth-order valence-corrected chi connectivity index (χ4v) is 2.74. The maximum Gasteiger partial charge on any atom is 0.277 e. The summed E-state index contributed by atoms with van der Waals surface area (Å²) in [6, 6.07) is 7.69. The van der Waals surface area contributed by atoms with E-state index in [0.717, 1.165) is 10.2 Å². The van der Waals surface area contributed by atoms with Gasteiger partial charge in [-0.05, 0) is 30.7 Å². The minimum atomic E-state index is -0.239. The Hall–Kier alpha value is -2.21. The van der Waals surface area contributed by atoms with Crippen LogP contribution in [-0.4, -0.2) is 20.7 Å². The highest BCUT2D eigenvalue weighted by Crippen LogP contribution is 2.26. The zero-order chi connectivity index (χ0) is 13.4. The molecule has 0 bridgehead atoms. The molecule has 0 saturated heterocycles. The first-order chi connectivity index (χ1) is 9.11. The van der Waals surface area contributed by atoms with Crippen LogP contribution in [0.15, 0.2) is 30.5 Å². The maximum atomic E-state index is 12.0. The molecule has 0 aliphatic heterocycles. The van der Waals surface area contributed by atoms with E-state index in [1.165, 1.54) is 16.9 Å². The average molecular weight is 272 g/mol. The van der Waals surface area contributed by atoms with Crippen molar-refractivity contribution in [2.45, 2.75) is 6.92 Å². The minimum Gasteiger partial charge on any atom is -0.296 e. The van der Waals surface area contributed by atoms with E-state index in [4.69, 9.17) is 0 Å². The molecule has 3 rings (SSSR count). The molecule has 0 aliphatic rings. The van der Waals surface area contributed by atoms with Crippen molar-refractivity contribution < 1.29 is 4.79 Å². The van der Waals surface area contributed by atoms with Crippen molar-refractivity contribution in [3.8, 4) is 0 Å². The number of benzene rings is 1. The van der Waals surface area contributed by atoms with E-state index in [2.05, 4.69) is 21.5 Å². The van der Waals surface area contributed by atoms with Crippen LogP contribution in [-0.2, 0) is 7.05 Å². The smallest absolute Gasteiger partial charge is 0.277 e. The van der Waals surface area contributed by atoms with Crippen molar-refractivity contribution >= 4 is 32.6 Å². The van der Waals surface area contributed by atoms with Gasteiger partial charge < -0.3 is 0 Å². The molecular formula is C13H12N4OS. The van der Waals surface area contributed by atoms with Crippen LogP contribution in [0.3, 0.4) is 0 Å². The molecule has 5 nitrogen and oxygen atoms in total. The fraction of sp³-hybridized carbons (Fsp3) is 0.154. The van der Waals surface area contributed by atoms with Crippen molar-refractivity contribution in [1.82, 2.24) is 14.8 Å². The third-order valence-corrected chi connectivity index (χ3v) is 3.64. The molecular weight excluding hydrogens is 260 g/mol.